The highest BCUT2D eigenvalue weighted by Gasteiger charge is 2.23. The lowest BCUT2D eigenvalue weighted by atomic mass is 9.87. The highest BCUT2D eigenvalue weighted by atomic mass is 16.5. The Morgan fingerprint density at radius 2 is 1.68 bits per heavy atom. The van der Waals surface area contributed by atoms with E-state index in [1.165, 1.54) is 0 Å². The van der Waals surface area contributed by atoms with Gasteiger partial charge in [0, 0.05) is 26.4 Å². The molecule has 4 nitrogen and oxygen atoms in total. The second-order valence-electron chi connectivity index (χ2n) is 5.91. The molecule has 0 heterocycles. The van der Waals surface area contributed by atoms with Crippen molar-refractivity contribution >= 4 is 0 Å². The van der Waals surface area contributed by atoms with Gasteiger partial charge in [0.1, 0.15) is 0 Å². The zero-order valence-corrected chi connectivity index (χ0v) is 13.5. The highest BCUT2D eigenvalue weighted by Crippen LogP contribution is 2.19. The molecule has 1 unspecified atom stereocenters. The topological polar surface area (TPSA) is 39.7 Å². The number of hydrogen-bond acceptors (Lipinski definition) is 4. The predicted octanol–water partition coefficient (Wildman–Crippen LogP) is 2.47. The third kappa shape index (κ3) is 11.4. The second-order valence-corrected chi connectivity index (χ2v) is 5.91. The number of hydrogen-bond donors (Lipinski definition) is 1. The van der Waals surface area contributed by atoms with E-state index in [0.717, 1.165) is 39.2 Å². The lowest BCUT2D eigenvalue weighted by Crippen LogP contribution is -2.44. The van der Waals surface area contributed by atoms with Crippen molar-refractivity contribution in [3.63, 3.8) is 0 Å². The standard InChI is InChI=1S/C15H33NO3/c1-6-8-16-14(15(2,3)4)13-19-10-7-9-18-12-11-17-5/h14,16H,6-13H2,1-5H3. The Labute approximate surface area is 119 Å². The Balaban J connectivity index is 3.58. The van der Waals surface area contributed by atoms with Crippen LogP contribution in [0.2, 0.25) is 0 Å². The van der Waals surface area contributed by atoms with Crippen molar-refractivity contribution in [3.8, 4) is 0 Å². The lowest BCUT2D eigenvalue weighted by molar-refractivity contribution is 0.0383. The Bertz CT molecular complexity index is 192. The van der Waals surface area contributed by atoms with Crippen LogP contribution >= 0.6 is 0 Å². The van der Waals surface area contributed by atoms with Crippen molar-refractivity contribution in [1.29, 1.82) is 0 Å². The average Bonchev–Trinajstić information content (AvgIpc) is 2.34. The van der Waals surface area contributed by atoms with Crippen LogP contribution in [0.25, 0.3) is 0 Å². The molecule has 1 N–H and O–H groups in total. The van der Waals surface area contributed by atoms with Crippen molar-refractivity contribution < 1.29 is 14.2 Å². The molecule has 0 radical (unpaired) electrons. The largest absolute Gasteiger partial charge is 0.382 e. The summed E-state index contributed by atoms with van der Waals surface area (Å²) in [6.45, 7) is 13.6. The molecule has 0 bridgehead atoms. The van der Waals surface area contributed by atoms with E-state index >= 15 is 0 Å². The van der Waals surface area contributed by atoms with E-state index in [-0.39, 0.29) is 5.41 Å². The van der Waals surface area contributed by atoms with Gasteiger partial charge in [-0.3, -0.25) is 0 Å². The van der Waals surface area contributed by atoms with E-state index in [1.54, 1.807) is 7.11 Å². The van der Waals surface area contributed by atoms with Gasteiger partial charge in [-0.2, -0.15) is 0 Å². The van der Waals surface area contributed by atoms with Crippen LogP contribution < -0.4 is 5.32 Å². The van der Waals surface area contributed by atoms with Crippen molar-refractivity contribution in [1.82, 2.24) is 5.32 Å². The summed E-state index contributed by atoms with van der Waals surface area (Å²) < 4.78 is 16.1. The lowest BCUT2D eigenvalue weighted by Gasteiger charge is -2.31. The number of rotatable bonds is 12. The normalized spacial score (nSPS) is 13.7. The van der Waals surface area contributed by atoms with E-state index in [1.807, 2.05) is 0 Å². The van der Waals surface area contributed by atoms with Crippen molar-refractivity contribution in [2.45, 2.75) is 46.6 Å². The highest BCUT2D eigenvalue weighted by molar-refractivity contribution is 4.80. The molecule has 0 saturated carbocycles. The summed E-state index contributed by atoms with van der Waals surface area (Å²) >= 11 is 0. The van der Waals surface area contributed by atoms with Crippen LogP contribution in [0.4, 0.5) is 0 Å². The summed E-state index contributed by atoms with van der Waals surface area (Å²) in [5.41, 5.74) is 0.226. The third-order valence-corrected chi connectivity index (χ3v) is 2.98. The summed E-state index contributed by atoms with van der Waals surface area (Å²) in [4.78, 5) is 0. The van der Waals surface area contributed by atoms with Gasteiger partial charge >= 0.3 is 0 Å². The molecule has 116 valence electrons. The Morgan fingerprint density at radius 3 is 2.26 bits per heavy atom. The second kappa shape index (κ2) is 11.6. The minimum absolute atomic E-state index is 0.226. The number of nitrogens with one attached hydrogen (secondary N) is 1. The van der Waals surface area contributed by atoms with Gasteiger partial charge in [-0.1, -0.05) is 27.7 Å². The Kier molecular flexibility index (Phi) is 11.6. The van der Waals surface area contributed by atoms with Crippen molar-refractivity contribution in [3.05, 3.63) is 0 Å². The quantitative estimate of drug-likeness (QED) is 0.555. The summed E-state index contributed by atoms with van der Waals surface area (Å²) in [6, 6.07) is 0.404. The molecule has 0 aliphatic heterocycles. The molecular weight excluding hydrogens is 242 g/mol. The van der Waals surface area contributed by atoms with Crippen molar-refractivity contribution in [2.24, 2.45) is 5.41 Å². The van der Waals surface area contributed by atoms with E-state index in [2.05, 4.69) is 33.0 Å². The first-order valence-electron chi connectivity index (χ1n) is 7.40. The van der Waals surface area contributed by atoms with Gasteiger partial charge in [-0.05, 0) is 24.8 Å². The maximum atomic E-state index is 5.75. The fourth-order valence-corrected chi connectivity index (χ4v) is 1.64. The third-order valence-electron chi connectivity index (χ3n) is 2.98. The van der Waals surface area contributed by atoms with Crippen LogP contribution in [0.3, 0.4) is 0 Å². The predicted molar refractivity (Wildman–Crippen MR) is 79.7 cm³/mol. The molecule has 0 saturated heterocycles. The first-order chi connectivity index (χ1) is 9.02. The summed E-state index contributed by atoms with van der Waals surface area (Å²) in [7, 11) is 1.68. The van der Waals surface area contributed by atoms with E-state index in [9.17, 15) is 0 Å². The monoisotopic (exact) mass is 275 g/mol. The summed E-state index contributed by atoms with van der Waals surface area (Å²) in [5.74, 6) is 0. The van der Waals surface area contributed by atoms with Crippen molar-refractivity contribution in [2.75, 3.05) is 46.7 Å². The van der Waals surface area contributed by atoms with Gasteiger partial charge in [-0.25, -0.2) is 0 Å². The van der Waals surface area contributed by atoms with Gasteiger partial charge < -0.3 is 19.5 Å². The van der Waals surface area contributed by atoms with E-state index in [0.29, 0.717) is 19.3 Å². The van der Waals surface area contributed by atoms with Crippen LogP contribution in [0.5, 0.6) is 0 Å². The van der Waals surface area contributed by atoms with Gasteiger partial charge in [0.15, 0.2) is 0 Å². The van der Waals surface area contributed by atoms with Crippen LogP contribution in [0, 0.1) is 5.41 Å². The van der Waals surface area contributed by atoms with Gasteiger partial charge in [0.05, 0.1) is 19.8 Å². The molecule has 19 heavy (non-hydrogen) atoms. The Morgan fingerprint density at radius 1 is 1.00 bits per heavy atom. The smallest absolute Gasteiger partial charge is 0.0700 e. The molecule has 0 spiro atoms. The molecule has 0 fully saturated rings. The van der Waals surface area contributed by atoms with Crippen LogP contribution in [-0.2, 0) is 14.2 Å². The first-order valence-corrected chi connectivity index (χ1v) is 7.40. The average molecular weight is 275 g/mol. The molecule has 0 aliphatic rings. The minimum Gasteiger partial charge on any atom is -0.382 e. The van der Waals surface area contributed by atoms with E-state index in [4.69, 9.17) is 14.2 Å². The minimum atomic E-state index is 0.226. The maximum Gasteiger partial charge on any atom is 0.0700 e. The molecule has 1 atom stereocenters. The van der Waals surface area contributed by atoms with Gasteiger partial charge in [-0.15, -0.1) is 0 Å². The van der Waals surface area contributed by atoms with Gasteiger partial charge in [0.2, 0.25) is 0 Å². The van der Waals surface area contributed by atoms with Crippen LogP contribution in [0.1, 0.15) is 40.5 Å². The summed E-state index contributed by atoms with van der Waals surface area (Å²) in [5, 5.41) is 3.56. The molecule has 0 rings (SSSR count). The zero-order valence-electron chi connectivity index (χ0n) is 13.5. The fraction of sp³-hybridized carbons (Fsp3) is 1.00. The zero-order chi connectivity index (χ0) is 14.6. The molecule has 0 aromatic rings. The summed E-state index contributed by atoms with van der Waals surface area (Å²) in [6.07, 6.45) is 2.09. The molecule has 4 heteroatoms. The first kappa shape index (κ1) is 18.8. The number of ether oxygens (including phenoxy) is 3. The SMILES string of the molecule is CCCNC(COCCCOCCOC)C(C)(C)C. The molecule has 0 amide bonds. The Hall–Kier alpha value is -0.160. The fourth-order valence-electron chi connectivity index (χ4n) is 1.64. The molecular formula is C15H33NO3. The van der Waals surface area contributed by atoms with E-state index < -0.39 is 0 Å². The number of methoxy groups -OCH3 is 1. The van der Waals surface area contributed by atoms with Gasteiger partial charge in [0.25, 0.3) is 0 Å². The van der Waals surface area contributed by atoms with Crippen LogP contribution in [0.15, 0.2) is 0 Å². The maximum absolute atomic E-state index is 5.75. The molecule has 0 aromatic heterocycles. The van der Waals surface area contributed by atoms with Crippen LogP contribution in [-0.4, -0.2) is 52.7 Å². The molecule has 0 aromatic carbocycles. The molecule has 0 aliphatic carbocycles.